The van der Waals surface area contributed by atoms with E-state index in [9.17, 15) is 10.5 Å². The first-order valence-electron chi connectivity index (χ1n) is 11.4. The molecule has 0 atom stereocenters. The molecular formula is C32H19N3. The number of para-hydroxylation sites is 2. The maximum Gasteiger partial charge on any atom is 0.0998 e. The van der Waals surface area contributed by atoms with Crippen LogP contribution in [0.25, 0.3) is 49.7 Å². The molecule has 3 heteroatoms. The molecule has 0 saturated carbocycles. The fraction of sp³-hybridized carbons (Fsp3) is 0. The predicted molar refractivity (Wildman–Crippen MR) is 141 cm³/mol. The zero-order valence-electron chi connectivity index (χ0n) is 18.8. The summed E-state index contributed by atoms with van der Waals surface area (Å²) in [6, 6.07) is 43.1. The second kappa shape index (κ2) is 8.34. The van der Waals surface area contributed by atoms with Crippen molar-refractivity contribution in [3.8, 4) is 40.1 Å². The first-order chi connectivity index (χ1) is 17.3. The van der Waals surface area contributed by atoms with E-state index in [-0.39, 0.29) is 0 Å². The summed E-state index contributed by atoms with van der Waals surface area (Å²) in [6.07, 6.45) is 0. The van der Waals surface area contributed by atoms with Gasteiger partial charge in [0.25, 0.3) is 0 Å². The molecule has 0 N–H and O–H groups in total. The number of nitriles is 2. The van der Waals surface area contributed by atoms with Crippen LogP contribution in [-0.2, 0) is 0 Å². The van der Waals surface area contributed by atoms with Gasteiger partial charge in [0.15, 0.2) is 0 Å². The number of hydrogen-bond donors (Lipinski definition) is 0. The van der Waals surface area contributed by atoms with Crippen LogP contribution in [0.3, 0.4) is 0 Å². The van der Waals surface area contributed by atoms with Crippen LogP contribution >= 0.6 is 0 Å². The van der Waals surface area contributed by atoms with Gasteiger partial charge in [0.05, 0.1) is 34.3 Å². The summed E-state index contributed by atoms with van der Waals surface area (Å²) >= 11 is 0. The van der Waals surface area contributed by atoms with E-state index in [4.69, 9.17) is 0 Å². The van der Waals surface area contributed by atoms with Crippen molar-refractivity contribution in [1.29, 1.82) is 10.5 Å². The fourth-order valence-electron chi connectivity index (χ4n) is 5.02. The summed E-state index contributed by atoms with van der Waals surface area (Å²) in [5.74, 6) is 0. The van der Waals surface area contributed by atoms with Crippen LogP contribution in [0.5, 0.6) is 0 Å². The molecule has 5 aromatic carbocycles. The minimum Gasteiger partial charge on any atom is -0.309 e. The molecule has 3 nitrogen and oxygen atoms in total. The smallest absolute Gasteiger partial charge is 0.0998 e. The Labute approximate surface area is 203 Å². The van der Waals surface area contributed by atoms with Gasteiger partial charge in [-0.1, -0.05) is 84.9 Å². The molecule has 1 aromatic heterocycles. The standard InChI is InChI=1S/C32H19N3/c33-20-23-12-9-13-24(21-34)30(23)31-26(22-10-3-1-4-11-22)18-19-28-27-16-7-8-17-29(27)35(32(28)31)25-14-5-2-6-15-25/h1-19H. The van der Waals surface area contributed by atoms with Gasteiger partial charge in [-0.3, -0.25) is 0 Å². The van der Waals surface area contributed by atoms with Crippen molar-refractivity contribution < 1.29 is 0 Å². The van der Waals surface area contributed by atoms with Crippen molar-refractivity contribution in [3.63, 3.8) is 0 Å². The molecule has 1 heterocycles. The molecule has 0 aliphatic heterocycles. The minimum atomic E-state index is 0.485. The predicted octanol–water partition coefficient (Wildman–Crippen LogP) is 7.86. The third-order valence-corrected chi connectivity index (χ3v) is 6.49. The molecule has 0 bridgehead atoms. The number of hydrogen-bond acceptors (Lipinski definition) is 2. The van der Waals surface area contributed by atoms with Gasteiger partial charge in [0, 0.05) is 27.6 Å². The number of rotatable bonds is 3. The van der Waals surface area contributed by atoms with Crippen molar-refractivity contribution in [2.24, 2.45) is 0 Å². The summed E-state index contributed by atoms with van der Waals surface area (Å²) in [5.41, 5.74) is 7.63. The molecule has 6 rings (SSSR count). The summed E-state index contributed by atoms with van der Waals surface area (Å²) in [5, 5.41) is 22.4. The third kappa shape index (κ3) is 3.19. The van der Waals surface area contributed by atoms with E-state index in [1.54, 1.807) is 18.2 Å². The first-order valence-corrected chi connectivity index (χ1v) is 11.4. The molecule has 0 aliphatic carbocycles. The van der Waals surface area contributed by atoms with E-state index in [1.807, 2.05) is 48.5 Å². The van der Waals surface area contributed by atoms with Gasteiger partial charge in [0.2, 0.25) is 0 Å². The summed E-state index contributed by atoms with van der Waals surface area (Å²) in [4.78, 5) is 0. The van der Waals surface area contributed by atoms with Crippen molar-refractivity contribution in [1.82, 2.24) is 4.57 Å². The van der Waals surface area contributed by atoms with Gasteiger partial charge in [0.1, 0.15) is 0 Å². The maximum atomic E-state index is 10.1. The quantitative estimate of drug-likeness (QED) is 0.278. The molecule has 0 radical (unpaired) electrons. The highest BCUT2D eigenvalue weighted by atomic mass is 15.0. The summed E-state index contributed by atoms with van der Waals surface area (Å²) in [7, 11) is 0. The van der Waals surface area contributed by atoms with E-state index < -0.39 is 0 Å². The van der Waals surface area contributed by atoms with Gasteiger partial charge in [-0.15, -0.1) is 0 Å². The Balaban J connectivity index is 1.91. The van der Waals surface area contributed by atoms with Crippen LogP contribution in [0.2, 0.25) is 0 Å². The van der Waals surface area contributed by atoms with E-state index in [0.29, 0.717) is 16.7 Å². The van der Waals surface area contributed by atoms with Crippen LogP contribution in [0.4, 0.5) is 0 Å². The molecule has 6 aromatic rings. The van der Waals surface area contributed by atoms with Crippen molar-refractivity contribution in [2.75, 3.05) is 0 Å². The molecule has 35 heavy (non-hydrogen) atoms. The average molecular weight is 446 g/mol. The van der Waals surface area contributed by atoms with Crippen molar-refractivity contribution in [2.45, 2.75) is 0 Å². The van der Waals surface area contributed by atoms with Crippen LogP contribution < -0.4 is 0 Å². The zero-order chi connectivity index (χ0) is 23.8. The highest BCUT2D eigenvalue weighted by Crippen LogP contribution is 2.45. The van der Waals surface area contributed by atoms with E-state index in [0.717, 1.165) is 44.2 Å². The van der Waals surface area contributed by atoms with Gasteiger partial charge in [-0.05, 0) is 41.5 Å². The van der Waals surface area contributed by atoms with Crippen LogP contribution in [-0.4, -0.2) is 4.57 Å². The lowest BCUT2D eigenvalue weighted by atomic mass is 9.87. The Bertz CT molecular complexity index is 1770. The third-order valence-electron chi connectivity index (χ3n) is 6.49. The van der Waals surface area contributed by atoms with Gasteiger partial charge in [-0.25, -0.2) is 0 Å². The number of benzene rings is 5. The Morgan fingerprint density at radius 1 is 0.514 bits per heavy atom. The molecule has 0 saturated heterocycles. The second-order valence-corrected chi connectivity index (χ2v) is 8.39. The van der Waals surface area contributed by atoms with E-state index >= 15 is 0 Å². The molecule has 0 aliphatic rings. The van der Waals surface area contributed by atoms with Crippen LogP contribution in [0.15, 0.2) is 115 Å². The lowest BCUT2D eigenvalue weighted by Crippen LogP contribution is -1.99. The van der Waals surface area contributed by atoms with Crippen molar-refractivity contribution >= 4 is 21.8 Å². The minimum absolute atomic E-state index is 0.485. The largest absolute Gasteiger partial charge is 0.309 e. The molecule has 0 fully saturated rings. The van der Waals surface area contributed by atoms with Gasteiger partial charge in [-0.2, -0.15) is 10.5 Å². The van der Waals surface area contributed by atoms with Gasteiger partial charge >= 0.3 is 0 Å². The molecule has 0 amide bonds. The Kier molecular flexibility index (Phi) is 4.88. The number of aromatic nitrogens is 1. The highest BCUT2D eigenvalue weighted by molar-refractivity contribution is 6.17. The Morgan fingerprint density at radius 3 is 1.83 bits per heavy atom. The number of fused-ring (bicyclic) bond motifs is 3. The first kappa shape index (κ1) is 20.5. The highest BCUT2D eigenvalue weighted by Gasteiger charge is 2.23. The Morgan fingerprint density at radius 2 is 1.14 bits per heavy atom. The topological polar surface area (TPSA) is 52.5 Å². The zero-order valence-corrected chi connectivity index (χ0v) is 18.8. The van der Waals surface area contributed by atoms with Crippen LogP contribution in [0.1, 0.15) is 11.1 Å². The fourth-order valence-corrected chi connectivity index (χ4v) is 5.02. The summed E-state index contributed by atoms with van der Waals surface area (Å²) < 4.78 is 2.25. The van der Waals surface area contributed by atoms with Crippen LogP contribution in [0, 0.1) is 22.7 Å². The van der Waals surface area contributed by atoms with E-state index in [2.05, 4.69) is 65.2 Å². The Hall–Kier alpha value is -5.12. The molecular weight excluding hydrogens is 426 g/mol. The lowest BCUT2D eigenvalue weighted by Gasteiger charge is -2.18. The maximum absolute atomic E-state index is 10.1. The summed E-state index contributed by atoms with van der Waals surface area (Å²) in [6.45, 7) is 0. The normalized spacial score (nSPS) is 10.8. The monoisotopic (exact) mass is 445 g/mol. The molecule has 162 valence electrons. The SMILES string of the molecule is N#Cc1cccc(C#N)c1-c1c(-c2ccccc2)ccc2c3ccccc3n(-c3ccccc3)c12. The average Bonchev–Trinajstić information content (AvgIpc) is 3.27. The van der Waals surface area contributed by atoms with Gasteiger partial charge < -0.3 is 4.57 Å². The number of nitrogens with zero attached hydrogens (tertiary/aromatic N) is 3. The molecule has 0 unspecified atom stereocenters. The molecule has 0 spiro atoms. The second-order valence-electron chi connectivity index (χ2n) is 8.39. The van der Waals surface area contributed by atoms with E-state index in [1.165, 1.54) is 0 Å². The lowest BCUT2D eigenvalue weighted by molar-refractivity contribution is 1.18. The van der Waals surface area contributed by atoms with Crippen molar-refractivity contribution in [3.05, 3.63) is 126 Å².